The third-order valence-corrected chi connectivity index (χ3v) is 20.9. The molecule has 1 aliphatic heterocycles. The summed E-state index contributed by atoms with van der Waals surface area (Å²) in [7, 11) is 11.3. The summed E-state index contributed by atoms with van der Waals surface area (Å²) in [6.07, 6.45) is 20.4. The molecule has 5 aromatic carbocycles. The van der Waals surface area contributed by atoms with Crippen molar-refractivity contribution in [3.05, 3.63) is 210 Å². The molecule has 81 heavy (non-hydrogen) atoms. The minimum atomic E-state index is -2.91. The van der Waals surface area contributed by atoms with Crippen LogP contribution in [0.25, 0.3) is 12.2 Å². The van der Waals surface area contributed by atoms with E-state index < -0.39 is 31.8 Å². The van der Waals surface area contributed by atoms with Crippen molar-refractivity contribution in [2.24, 2.45) is 0 Å². The van der Waals surface area contributed by atoms with Crippen LogP contribution in [0.1, 0.15) is 153 Å². The van der Waals surface area contributed by atoms with Gasteiger partial charge in [0.05, 0.1) is 29.8 Å². The van der Waals surface area contributed by atoms with E-state index in [1.54, 1.807) is 127 Å². The first-order chi connectivity index (χ1) is 38.9. The number of halogens is 8. The van der Waals surface area contributed by atoms with Crippen LogP contribution in [-0.2, 0) is 18.3 Å². The van der Waals surface area contributed by atoms with Gasteiger partial charge < -0.3 is 14.5 Å². The summed E-state index contributed by atoms with van der Waals surface area (Å²) in [4.78, 5) is 4.81. The van der Waals surface area contributed by atoms with Crippen LogP contribution in [0.2, 0.25) is 0 Å². The number of nitrogens with zero attached hydrogens (tertiary/aromatic N) is 2. The second-order valence-corrected chi connectivity index (χ2v) is 30.0. The Labute approximate surface area is 497 Å². The van der Waals surface area contributed by atoms with E-state index in [0.29, 0.717) is 5.56 Å². The molecule has 4 aliphatic rings. The fourth-order valence-electron chi connectivity index (χ4n) is 11.4. The van der Waals surface area contributed by atoms with Crippen LogP contribution in [0.5, 0.6) is 0 Å². The molecule has 13 heteroatoms. The SMILES string of the molecule is C1CCC([PH+](C2CCCCC2)C2CCCCC2)CC1.C=COCC.C=Cc1ccccc1.Cc1cc(C)c(N2[CH-]N(c3c(C)cc(C)cc3C)CC2)c(C)c1.FC(F)=C(F)F.FC(F)=Cc1ccccc1.[Cl][Ru]([Cl])=[CH]c1ccccc1. The Bertz CT molecular complexity index is 2430. The Morgan fingerprint density at radius 3 is 1.14 bits per heavy atom. The number of ether oxygens (including phenoxy) is 1. The third-order valence-electron chi connectivity index (χ3n) is 14.5. The van der Waals surface area contributed by atoms with Gasteiger partial charge in [-0.1, -0.05) is 135 Å². The van der Waals surface area contributed by atoms with Crippen LogP contribution in [0.15, 0.2) is 153 Å². The fraction of sp³-hybridized carbons (Fsp3) is 0.412. The molecule has 0 amide bonds. The minimum absolute atomic E-state index is 0.0465. The summed E-state index contributed by atoms with van der Waals surface area (Å²) in [5.74, 6) is 0. The molecule has 446 valence electrons. The number of anilines is 2. The predicted molar refractivity (Wildman–Crippen MR) is 339 cm³/mol. The van der Waals surface area contributed by atoms with Gasteiger partial charge in [0.15, 0.2) is 0 Å². The van der Waals surface area contributed by atoms with Gasteiger partial charge in [0, 0.05) is 38.5 Å². The molecule has 1 heterocycles. The third kappa shape index (κ3) is 28.1. The Hall–Kier alpha value is -4.46. The molecule has 1 saturated heterocycles. The zero-order chi connectivity index (χ0) is 59.5. The molecule has 3 nitrogen and oxygen atoms in total. The van der Waals surface area contributed by atoms with Gasteiger partial charge in [0.25, 0.3) is 6.08 Å². The Kier molecular flexibility index (Phi) is 35.6. The van der Waals surface area contributed by atoms with Crippen molar-refractivity contribution in [2.45, 2.75) is 162 Å². The molecular formula is C68H89Cl2F6N2OPRu. The van der Waals surface area contributed by atoms with Crippen molar-refractivity contribution in [2.75, 3.05) is 29.5 Å². The van der Waals surface area contributed by atoms with Crippen LogP contribution in [-0.4, -0.2) is 41.3 Å². The summed E-state index contributed by atoms with van der Waals surface area (Å²) < 4.78 is 70.8. The summed E-state index contributed by atoms with van der Waals surface area (Å²) in [6, 6.07) is 37.5. The molecule has 0 unspecified atom stereocenters. The van der Waals surface area contributed by atoms with Crippen molar-refractivity contribution in [3.8, 4) is 0 Å². The van der Waals surface area contributed by atoms with Crippen molar-refractivity contribution in [1.29, 1.82) is 0 Å². The number of hydrogen-bond donors (Lipinski definition) is 0. The van der Waals surface area contributed by atoms with E-state index in [2.05, 4.69) is 100 Å². The Morgan fingerprint density at radius 2 is 0.877 bits per heavy atom. The van der Waals surface area contributed by atoms with Gasteiger partial charge >= 0.3 is 85.6 Å². The quantitative estimate of drug-likeness (QED) is 0.0456. The van der Waals surface area contributed by atoms with Crippen molar-refractivity contribution >= 4 is 55.4 Å². The molecule has 0 N–H and O–H groups in total. The van der Waals surface area contributed by atoms with Gasteiger partial charge in [-0.2, -0.15) is 33.0 Å². The first-order valence-electron chi connectivity index (χ1n) is 28.5. The molecule has 0 aromatic heterocycles. The maximum absolute atomic E-state index is 11.6. The zero-order valence-electron chi connectivity index (χ0n) is 48.9. The molecule has 0 bridgehead atoms. The molecule has 0 atom stereocenters. The number of hydrogen-bond acceptors (Lipinski definition) is 3. The molecule has 0 spiro atoms. The van der Waals surface area contributed by atoms with E-state index in [1.807, 2.05) is 78.3 Å². The van der Waals surface area contributed by atoms with Crippen LogP contribution < -0.4 is 9.80 Å². The van der Waals surface area contributed by atoms with E-state index in [4.69, 9.17) is 19.4 Å². The number of aryl methyl sites for hydroxylation is 6. The first kappa shape index (κ1) is 70.8. The Morgan fingerprint density at radius 1 is 0.543 bits per heavy atom. The molecule has 5 aromatic rings. The predicted octanol–water partition coefficient (Wildman–Crippen LogP) is 22.4. The fourth-order valence-corrected chi connectivity index (χ4v) is 18.4. The standard InChI is InChI=1S/C21H27N2.C18H33P.C8H6F2.C8H8.C7H6.C4H8O.C2F4.2ClH.Ru/c1-14-9-16(3)20(17(4)10-14)22-7-8-23(13-22)21-18(5)11-15(2)12-19(21)6;1-4-10-16(11-5-1)19(17-12-6-2-7-13-17)18-14-8-3-9-15-18;9-8(10)6-7-4-2-1-3-5-7;1-2-8-6-4-3-5-7-8;1-7-5-3-2-4-6-7;1-3-5-4-2;3-1(4)2(5)6;;;/h9-13H,7-8H2,1-6H3;16-18H,1-15H2;1-6H;2-7H,1H2;1-6H;3H,1,4H2,2H3;;2*1H;/q-1;;;;;;;;;+2/p-1. The van der Waals surface area contributed by atoms with Gasteiger partial charge in [0.2, 0.25) is 0 Å². The molecule has 4 fully saturated rings. The van der Waals surface area contributed by atoms with E-state index in [-0.39, 0.29) is 7.92 Å². The van der Waals surface area contributed by atoms with Crippen molar-refractivity contribution in [1.82, 2.24) is 0 Å². The second-order valence-electron chi connectivity index (χ2n) is 20.8. The number of benzene rings is 5. The monoisotopic (exact) mass is 1270 g/mol. The van der Waals surface area contributed by atoms with E-state index in [9.17, 15) is 26.3 Å². The molecular weight excluding hydrogens is 1180 g/mol. The van der Waals surface area contributed by atoms with Crippen LogP contribution >= 0.6 is 27.3 Å². The van der Waals surface area contributed by atoms with Gasteiger partial charge in [0.1, 0.15) is 0 Å². The topological polar surface area (TPSA) is 15.7 Å². The second kappa shape index (κ2) is 40.7. The van der Waals surface area contributed by atoms with Crippen molar-refractivity contribution < 1.29 is 44.6 Å². The summed E-state index contributed by atoms with van der Waals surface area (Å²) in [5.41, 5.74) is 17.3. The maximum atomic E-state index is 11.6. The molecule has 9 rings (SSSR count). The van der Waals surface area contributed by atoms with Crippen molar-refractivity contribution in [3.63, 3.8) is 0 Å². The number of rotatable bonds is 10. The zero-order valence-corrected chi connectivity index (χ0v) is 53.2. The summed E-state index contributed by atoms with van der Waals surface area (Å²) in [5, 5.41) is 0. The Balaban J connectivity index is 0.000000266. The van der Waals surface area contributed by atoms with Gasteiger partial charge in [-0.25, -0.2) is 0 Å². The van der Waals surface area contributed by atoms with Crippen LogP contribution in [0.3, 0.4) is 0 Å². The van der Waals surface area contributed by atoms with Gasteiger partial charge in [-0.05, 0) is 159 Å². The summed E-state index contributed by atoms with van der Waals surface area (Å²) >= 11 is -1.61. The van der Waals surface area contributed by atoms with Crippen LogP contribution in [0.4, 0.5) is 37.7 Å². The molecule has 3 aliphatic carbocycles. The first-order valence-corrected chi connectivity index (χ1v) is 35.7. The van der Waals surface area contributed by atoms with Crippen LogP contribution in [0, 0.1) is 48.2 Å². The normalized spacial score (nSPS) is 15.2. The average Bonchev–Trinajstić information content (AvgIpc) is 3.94. The van der Waals surface area contributed by atoms with E-state index in [1.165, 1.54) is 73.6 Å². The molecule has 0 radical (unpaired) electrons. The average molecular weight is 1270 g/mol. The molecule has 3 saturated carbocycles. The van der Waals surface area contributed by atoms with Gasteiger partial charge in [-0.15, -0.1) is 0 Å². The van der Waals surface area contributed by atoms with Gasteiger partial charge in [-0.3, -0.25) is 0 Å². The van der Waals surface area contributed by atoms with E-state index >= 15 is 0 Å². The van der Waals surface area contributed by atoms with E-state index in [0.717, 1.165) is 31.3 Å². The summed E-state index contributed by atoms with van der Waals surface area (Å²) in [6.45, 7) is 27.2.